The van der Waals surface area contributed by atoms with Crippen LogP contribution in [0.4, 0.5) is 10.5 Å². The fourth-order valence-electron chi connectivity index (χ4n) is 2.11. The highest BCUT2D eigenvalue weighted by molar-refractivity contribution is 6.00. The van der Waals surface area contributed by atoms with Crippen molar-refractivity contribution >= 4 is 17.6 Å². The van der Waals surface area contributed by atoms with Gasteiger partial charge in [0.05, 0.1) is 0 Å². The lowest BCUT2D eigenvalue weighted by Crippen LogP contribution is -2.37. The zero-order valence-electron chi connectivity index (χ0n) is 13.5. The molecule has 25 heavy (non-hydrogen) atoms. The Hall–Kier alpha value is -3.55. The van der Waals surface area contributed by atoms with Gasteiger partial charge in [0.25, 0.3) is 5.91 Å². The third kappa shape index (κ3) is 4.47. The SMILES string of the molecule is Cc1ccc(-c2nnn(CC(=O)NC(=O)Nc3ccccc3)n2)cc1. The molecule has 0 bridgehead atoms. The second-order valence-electron chi connectivity index (χ2n) is 5.38. The molecule has 0 aliphatic heterocycles. The van der Waals surface area contributed by atoms with E-state index in [1.807, 2.05) is 37.3 Å². The van der Waals surface area contributed by atoms with Crippen LogP contribution in [0, 0.1) is 6.92 Å². The lowest BCUT2D eigenvalue weighted by molar-refractivity contribution is -0.120. The largest absolute Gasteiger partial charge is 0.325 e. The quantitative estimate of drug-likeness (QED) is 0.759. The first-order chi connectivity index (χ1) is 12.1. The summed E-state index contributed by atoms with van der Waals surface area (Å²) in [5.41, 5.74) is 2.52. The fraction of sp³-hybridized carbons (Fsp3) is 0.118. The van der Waals surface area contributed by atoms with Gasteiger partial charge in [-0.15, -0.1) is 10.2 Å². The number of benzene rings is 2. The van der Waals surface area contributed by atoms with E-state index in [2.05, 4.69) is 26.0 Å². The Morgan fingerprint density at radius 3 is 2.48 bits per heavy atom. The van der Waals surface area contributed by atoms with Crippen LogP contribution < -0.4 is 10.6 Å². The predicted molar refractivity (Wildman–Crippen MR) is 91.6 cm³/mol. The molecule has 3 amide bonds. The summed E-state index contributed by atoms with van der Waals surface area (Å²) in [5.74, 6) is -0.122. The maximum Gasteiger partial charge on any atom is 0.325 e. The number of tetrazole rings is 1. The molecule has 126 valence electrons. The highest BCUT2D eigenvalue weighted by Gasteiger charge is 2.12. The first kappa shape index (κ1) is 16.3. The van der Waals surface area contributed by atoms with Gasteiger partial charge in [-0.1, -0.05) is 48.0 Å². The third-order valence-electron chi connectivity index (χ3n) is 3.33. The number of amides is 3. The number of rotatable bonds is 4. The van der Waals surface area contributed by atoms with Crippen LogP contribution in [-0.2, 0) is 11.3 Å². The van der Waals surface area contributed by atoms with Crippen molar-refractivity contribution in [2.75, 3.05) is 5.32 Å². The van der Waals surface area contributed by atoms with E-state index >= 15 is 0 Å². The summed E-state index contributed by atoms with van der Waals surface area (Å²) in [7, 11) is 0. The number of carbonyl (C=O) groups is 2. The van der Waals surface area contributed by atoms with Crippen molar-refractivity contribution in [3.8, 4) is 11.4 Å². The average Bonchev–Trinajstić information content (AvgIpc) is 3.04. The van der Waals surface area contributed by atoms with Crippen LogP contribution in [0.15, 0.2) is 54.6 Å². The Morgan fingerprint density at radius 2 is 1.76 bits per heavy atom. The summed E-state index contributed by atoms with van der Waals surface area (Å²) in [6.45, 7) is 1.78. The lowest BCUT2D eigenvalue weighted by atomic mass is 10.1. The minimum atomic E-state index is -0.616. The zero-order valence-corrected chi connectivity index (χ0v) is 13.5. The molecule has 0 fully saturated rings. The molecule has 0 aliphatic carbocycles. The van der Waals surface area contributed by atoms with Gasteiger partial charge in [0.1, 0.15) is 6.54 Å². The number of imide groups is 1. The van der Waals surface area contributed by atoms with Gasteiger partial charge < -0.3 is 5.32 Å². The highest BCUT2D eigenvalue weighted by Crippen LogP contribution is 2.13. The van der Waals surface area contributed by atoms with E-state index in [1.54, 1.807) is 24.3 Å². The van der Waals surface area contributed by atoms with Gasteiger partial charge >= 0.3 is 6.03 Å². The number of nitrogens with one attached hydrogen (secondary N) is 2. The predicted octanol–water partition coefficient (Wildman–Crippen LogP) is 2.00. The standard InChI is InChI=1S/C17H16N6O2/c1-12-7-9-13(10-8-12)16-20-22-23(21-16)11-15(24)19-17(25)18-14-5-3-2-4-6-14/h2-10H,11H2,1H3,(H2,18,19,24,25). The molecule has 0 saturated carbocycles. The first-order valence-electron chi connectivity index (χ1n) is 7.61. The molecule has 0 saturated heterocycles. The summed E-state index contributed by atoms with van der Waals surface area (Å²) < 4.78 is 0. The topological polar surface area (TPSA) is 102 Å². The summed E-state index contributed by atoms with van der Waals surface area (Å²) in [6, 6.07) is 15.9. The smallest absolute Gasteiger partial charge is 0.308 e. The van der Waals surface area contributed by atoms with Crippen LogP contribution in [0.25, 0.3) is 11.4 Å². The summed E-state index contributed by atoms with van der Waals surface area (Å²) >= 11 is 0. The van der Waals surface area contributed by atoms with E-state index in [1.165, 1.54) is 0 Å². The summed E-state index contributed by atoms with van der Waals surface area (Å²) in [6.07, 6.45) is 0. The van der Waals surface area contributed by atoms with Crippen molar-refractivity contribution in [3.63, 3.8) is 0 Å². The Kier molecular flexibility index (Phi) is 4.79. The molecule has 8 nitrogen and oxygen atoms in total. The van der Waals surface area contributed by atoms with Gasteiger partial charge in [-0.05, 0) is 24.3 Å². The minimum Gasteiger partial charge on any atom is -0.308 e. The van der Waals surface area contributed by atoms with Gasteiger partial charge in [-0.3, -0.25) is 10.1 Å². The number of anilines is 1. The van der Waals surface area contributed by atoms with Gasteiger partial charge in [-0.25, -0.2) is 4.79 Å². The maximum atomic E-state index is 11.9. The molecule has 0 atom stereocenters. The van der Waals surface area contributed by atoms with E-state index in [0.717, 1.165) is 15.9 Å². The number of aromatic nitrogens is 4. The zero-order chi connectivity index (χ0) is 17.6. The van der Waals surface area contributed by atoms with E-state index in [-0.39, 0.29) is 6.54 Å². The Bertz CT molecular complexity index is 874. The van der Waals surface area contributed by atoms with Crippen molar-refractivity contribution in [1.82, 2.24) is 25.5 Å². The highest BCUT2D eigenvalue weighted by atomic mass is 16.2. The fourth-order valence-corrected chi connectivity index (χ4v) is 2.11. The van der Waals surface area contributed by atoms with Crippen LogP contribution in [0.5, 0.6) is 0 Å². The third-order valence-corrected chi connectivity index (χ3v) is 3.33. The monoisotopic (exact) mass is 336 g/mol. The molecule has 2 N–H and O–H groups in total. The molecule has 3 aromatic rings. The maximum absolute atomic E-state index is 11.9. The number of nitrogens with zero attached hydrogens (tertiary/aromatic N) is 4. The molecule has 1 heterocycles. The van der Waals surface area contributed by atoms with Crippen LogP contribution >= 0.6 is 0 Å². The molecule has 0 unspecified atom stereocenters. The van der Waals surface area contributed by atoms with E-state index < -0.39 is 11.9 Å². The first-order valence-corrected chi connectivity index (χ1v) is 7.61. The van der Waals surface area contributed by atoms with Crippen LogP contribution in [-0.4, -0.2) is 32.1 Å². The number of para-hydroxylation sites is 1. The van der Waals surface area contributed by atoms with Crippen molar-refractivity contribution in [3.05, 3.63) is 60.2 Å². The van der Waals surface area contributed by atoms with E-state index in [0.29, 0.717) is 11.5 Å². The van der Waals surface area contributed by atoms with Crippen LogP contribution in [0.2, 0.25) is 0 Å². The molecule has 2 aromatic carbocycles. The molecule has 0 spiro atoms. The molecular formula is C17H16N6O2. The van der Waals surface area contributed by atoms with Crippen LogP contribution in [0.1, 0.15) is 5.56 Å². The second kappa shape index (κ2) is 7.35. The van der Waals surface area contributed by atoms with Crippen molar-refractivity contribution < 1.29 is 9.59 Å². The number of urea groups is 1. The Balaban J connectivity index is 1.56. The average molecular weight is 336 g/mol. The van der Waals surface area contributed by atoms with E-state index in [9.17, 15) is 9.59 Å². The number of aryl methyl sites for hydroxylation is 1. The van der Waals surface area contributed by atoms with Gasteiger partial charge in [0, 0.05) is 11.3 Å². The minimum absolute atomic E-state index is 0.207. The second-order valence-corrected chi connectivity index (χ2v) is 5.38. The number of hydrogen-bond acceptors (Lipinski definition) is 5. The normalized spacial score (nSPS) is 10.3. The molecule has 3 rings (SSSR count). The van der Waals surface area contributed by atoms with Crippen molar-refractivity contribution in [2.24, 2.45) is 0 Å². The number of hydrogen-bond donors (Lipinski definition) is 2. The van der Waals surface area contributed by atoms with Crippen molar-refractivity contribution in [2.45, 2.75) is 13.5 Å². The molecule has 0 aliphatic rings. The summed E-state index contributed by atoms with van der Waals surface area (Å²) in [5, 5.41) is 16.7. The van der Waals surface area contributed by atoms with Crippen LogP contribution in [0.3, 0.4) is 0 Å². The molecular weight excluding hydrogens is 320 g/mol. The summed E-state index contributed by atoms with van der Waals surface area (Å²) in [4.78, 5) is 24.8. The van der Waals surface area contributed by atoms with Gasteiger partial charge in [0.15, 0.2) is 0 Å². The van der Waals surface area contributed by atoms with Crippen molar-refractivity contribution in [1.29, 1.82) is 0 Å². The molecule has 8 heteroatoms. The molecule has 0 radical (unpaired) electrons. The van der Waals surface area contributed by atoms with Gasteiger partial charge in [0.2, 0.25) is 5.82 Å². The molecule has 1 aromatic heterocycles. The Morgan fingerprint density at radius 1 is 1.04 bits per heavy atom. The van der Waals surface area contributed by atoms with Gasteiger partial charge in [-0.2, -0.15) is 4.80 Å². The van der Waals surface area contributed by atoms with E-state index in [4.69, 9.17) is 0 Å². The Labute approximate surface area is 143 Å². The lowest BCUT2D eigenvalue weighted by Gasteiger charge is -2.05. The number of carbonyl (C=O) groups excluding carboxylic acids is 2.